The van der Waals surface area contributed by atoms with Crippen LogP contribution in [-0.2, 0) is 16.3 Å². The highest BCUT2D eigenvalue weighted by atomic mass is 32.2. The summed E-state index contributed by atoms with van der Waals surface area (Å²) in [7, 11) is -2.94. The van der Waals surface area contributed by atoms with Gasteiger partial charge in [0.25, 0.3) is 0 Å². The van der Waals surface area contributed by atoms with Gasteiger partial charge in [-0.1, -0.05) is 25.5 Å². The van der Waals surface area contributed by atoms with E-state index in [4.69, 9.17) is 5.73 Å². The number of nitrogens with two attached hydrogens (primary N) is 1. The van der Waals surface area contributed by atoms with Gasteiger partial charge >= 0.3 is 0 Å². The molecule has 2 N–H and O–H groups in total. The van der Waals surface area contributed by atoms with Crippen LogP contribution in [-0.4, -0.2) is 38.0 Å². The maximum Gasteiger partial charge on any atom is 0.147 e. The lowest BCUT2D eigenvalue weighted by Crippen LogP contribution is -2.57. The quantitative estimate of drug-likeness (QED) is 0.900. The van der Waals surface area contributed by atoms with Crippen molar-refractivity contribution in [3.8, 4) is 0 Å². The van der Waals surface area contributed by atoms with Gasteiger partial charge in [-0.3, -0.25) is 0 Å². The second kappa shape index (κ2) is 6.24. The summed E-state index contributed by atoms with van der Waals surface area (Å²) in [5.41, 5.74) is 8.12. The van der Waals surface area contributed by atoms with Gasteiger partial charge in [-0.25, -0.2) is 13.4 Å². The molecule has 6 heteroatoms. The van der Waals surface area contributed by atoms with Crippen molar-refractivity contribution in [3.63, 3.8) is 0 Å². The molecule has 0 radical (unpaired) electrons. The Morgan fingerprint density at radius 1 is 1.38 bits per heavy atom. The Labute approximate surface area is 143 Å². The zero-order chi connectivity index (χ0) is 17.5. The predicted molar refractivity (Wildman–Crippen MR) is 100 cm³/mol. The average molecular weight is 347 g/mol. The summed E-state index contributed by atoms with van der Waals surface area (Å²) >= 11 is 0. The van der Waals surface area contributed by atoms with E-state index in [-0.39, 0.29) is 17.7 Å². The molecular formula is C18H25N3O2S. The van der Waals surface area contributed by atoms with Gasteiger partial charge in [0, 0.05) is 35.8 Å². The molecule has 1 aliphatic heterocycles. The number of nitrogens with zero attached hydrogens (tertiary/aromatic N) is 2. The van der Waals surface area contributed by atoms with Gasteiger partial charge < -0.3 is 10.6 Å². The van der Waals surface area contributed by atoms with Crippen molar-refractivity contribution in [2.24, 2.45) is 5.92 Å². The standard InChI is InChI=1S/C18H25N3O2S/c1-4-6-15-18-13(9-17(19)20-15)7-5-8-16(18)21-10-14(12(21)2)11-24(3,22)23/h5,7-9,12,14H,4,6,10-11H2,1-3H3,(H2,19,20)/t12-,14-/m1/s1. The third-order valence-electron chi connectivity index (χ3n) is 4.85. The van der Waals surface area contributed by atoms with E-state index < -0.39 is 9.84 Å². The summed E-state index contributed by atoms with van der Waals surface area (Å²) in [5.74, 6) is 0.990. The molecule has 1 aromatic heterocycles. The van der Waals surface area contributed by atoms with Gasteiger partial charge in [0.15, 0.2) is 0 Å². The summed E-state index contributed by atoms with van der Waals surface area (Å²) in [5, 5.41) is 2.25. The zero-order valence-corrected chi connectivity index (χ0v) is 15.3. The molecule has 2 aromatic rings. The van der Waals surface area contributed by atoms with Crippen LogP contribution >= 0.6 is 0 Å². The maximum atomic E-state index is 11.6. The fourth-order valence-corrected chi connectivity index (χ4v) is 4.80. The van der Waals surface area contributed by atoms with Crippen LogP contribution in [0.1, 0.15) is 26.0 Å². The highest BCUT2D eigenvalue weighted by molar-refractivity contribution is 7.90. The number of anilines is 2. The minimum atomic E-state index is -2.94. The van der Waals surface area contributed by atoms with Crippen molar-refractivity contribution in [3.05, 3.63) is 30.0 Å². The van der Waals surface area contributed by atoms with Crippen molar-refractivity contribution >= 4 is 32.1 Å². The van der Waals surface area contributed by atoms with Crippen LogP contribution in [0.2, 0.25) is 0 Å². The number of hydrogen-bond acceptors (Lipinski definition) is 5. The molecule has 0 unspecified atom stereocenters. The molecule has 0 bridgehead atoms. The summed E-state index contributed by atoms with van der Waals surface area (Å²) in [6.07, 6.45) is 3.20. The van der Waals surface area contributed by atoms with E-state index in [1.807, 2.05) is 12.1 Å². The van der Waals surface area contributed by atoms with Crippen LogP contribution in [0.5, 0.6) is 0 Å². The summed E-state index contributed by atoms with van der Waals surface area (Å²) < 4.78 is 23.1. The number of aryl methyl sites for hydroxylation is 1. The van der Waals surface area contributed by atoms with Crippen LogP contribution in [0.4, 0.5) is 11.5 Å². The van der Waals surface area contributed by atoms with Gasteiger partial charge in [0.1, 0.15) is 15.7 Å². The molecular weight excluding hydrogens is 322 g/mol. The smallest absolute Gasteiger partial charge is 0.147 e. The lowest BCUT2D eigenvalue weighted by atomic mass is 9.89. The highest BCUT2D eigenvalue weighted by Crippen LogP contribution is 2.38. The zero-order valence-electron chi connectivity index (χ0n) is 14.5. The number of fused-ring (bicyclic) bond motifs is 1. The molecule has 1 saturated heterocycles. The Bertz CT molecular complexity index is 864. The molecule has 0 aliphatic carbocycles. The maximum absolute atomic E-state index is 11.6. The Kier molecular flexibility index (Phi) is 4.42. The Hall–Kier alpha value is -1.82. The Morgan fingerprint density at radius 3 is 2.75 bits per heavy atom. The highest BCUT2D eigenvalue weighted by Gasteiger charge is 2.38. The van der Waals surface area contributed by atoms with Gasteiger partial charge in [-0.2, -0.15) is 0 Å². The fourth-order valence-electron chi connectivity index (χ4n) is 3.64. The number of rotatable bonds is 5. The minimum Gasteiger partial charge on any atom is -0.384 e. The third-order valence-corrected chi connectivity index (χ3v) is 5.88. The molecule has 130 valence electrons. The number of nitrogen functional groups attached to an aromatic ring is 1. The lowest BCUT2D eigenvalue weighted by Gasteiger charge is -2.48. The first-order chi connectivity index (χ1) is 11.3. The summed E-state index contributed by atoms with van der Waals surface area (Å²) in [4.78, 5) is 6.84. The molecule has 3 rings (SSSR count). The first kappa shape index (κ1) is 17.0. The molecule has 0 amide bonds. The molecule has 2 atom stereocenters. The topological polar surface area (TPSA) is 76.3 Å². The van der Waals surface area contributed by atoms with Crippen LogP contribution in [0.15, 0.2) is 24.3 Å². The Morgan fingerprint density at radius 2 is 2.12 bits per heavy atom. The second-order valence-electron chi connectivity index (χ2n) is 6.86. The monoisotopic (exact) mass is 347 g/mol. The van der Waals surface area contributed by atoms with Gasteiger partial charge in [0.05, 0.1) is 11.4 Å². The first-order valence-electron chi connectivity index (χ1n) is 8.42. The van der Waals surface area contributed by atoms with E-state index in [1.165, 1.54) is 6.26 Å². The molecule has 5 nitrogen and oxygen atoms in total. The second-order valence-corrected chi connectivity index (χ2v) is 9.05. The predicted octanol–water partition coefficient (Wildman–Crippen LogP) is 2.64. The van der Waals surface area contributed by atoms with Crippen molar-refractivity contribution in [2.75, 3.05) is 29.2 Å². The molecule has 0 saturated carbocycles. The number of sulfone groups is 1. The third kappa shape index (κ3) is 3.20. The molecule has 0 spiro atoms. The number of benzene rings is 1. The number of hydrogen-bond donors (Lipinski definition) is 1. The van der Waals surface area contributed by atoms with Gasteiger partial charge in [-0.05, 0) is 30.9 Å². The van der Waals surface area contributed by atoms with Gasteiger partial charge in [0.2, 0.25) is 0 Å². The van der Waals surface area contributed by atoms with Crippen LogP contribution < -0.4 is 10.6 Å². The van der Waals surface area contributed by atoms with Crippen LogP contribution in [0.25, 0.3) is 10.8 Å². The van der Waals surface area contributed by atoms with E-state index in [1.54, 1.807) is 0 Å². The number of pyridine rings is 1. The molecule has 1 aliphatic rings. The minimum absolute atomic E-state index is 0.187. The average Bonchev–Trinajstić information content (AvgIpc) is 2.49. The van der Waals surface area contributed by atoms with E-state index in [9.17, 15) is 8.42 Å². The first-order valence-corrected chi connectivity index (χ1v) is 10.5. The van der Waals surface area contributed by atoms with E-state index in [2.05, 4.69) is 35.9 Å². The fraction of sp³-hybridized carbons (Fsp3) is 0.500. The molecule has 1 aromatic carbocycles. The van der Waals surface area contributed by atoms with E-state index in [0.717, 1.165) is 41.5 Å². The SMILES string of the molecule is CCCc1nc(N)cc2cccc(N3C[C@H](CS(C)(=O)=O)[C@H]3C)c12. The van der Waals surface area contributed by atoms with Crippen molar-refractivity contribution in [1.82, 2.24) is 4.98 Å². The number of aromatic nitrogens is 1. The van der Waals surface area contributed by atoms with E-state index in [0.29, 0.717) is 5.82 Å². The summed E-state index contributed by atoms with van der Waals surface area (Å²) in [6.45, 7) is 5.00. The van der Waals surface area contributed by atoms with Crippen LogP contribution in [0, 0.1) is 5.92 Å². The van der Waals surface area contributed by atoms with E-state index >= 15 is 0 Å². The summed E-state index contributed by atoms with van der Waals surface area (Å²) in [6, 6.07) is 8.32. The van der Waals surface area contributed by atoms with Crippen molar-refractivity contribution in [2.45, 2.75) is 32.7 Å². The van der Waals surface area contributed by atoms with Crippen LogP contribution in [0.3, 0.4) is 0 Å². The molecule has 2 heterocycles. The van der Waals surface area contributed by atoms with Gasteiger partial charge in [-0.15, -0.1) is 0 Å². The Balaban J connectivity index is 1.99. The molecule has 24 heavy (non-hydrogen) atoms. The normalized spacial score (nSPS) is 21.0. The largest absolute Gasteiger partial charge is 0.384 e. The lowest BCUT2D eigenvalue weighted by molar-refractivity contribution is 0.342. The van der Waals surface area contributed by atoms with Crippen molar-refractivity contribution < 1.29 is 8.42 Å². The van der Waals surface area contributed by atoms with Crippen molar-refractivity contribution in [1.29, 1.82) is 0 Å². The molecule has 1 fully saturated rings.